The van der Waals surface area contributed by atoms with Gasteiger partial charge in [-0.3, -0.25) is 14.3 Å². The highest BCUT2D eigenvalue weighted by Crippen LogP contribution is 2.22. The molecular formula is C16H18N4O3. The summed E-state index contributed by atoms with van der Waals surface area (Å²) in [5.41, 5.74) is 1.50. The maximum absolute atomic E-state index is 12.4. The normalized spacial score (nSPS) is 18.0. The fourth-order valence-electron chi connectivity index (χ4n) is 2.60. The lowest BCUT2D eigenvalue weighted by atomic mass is 10.1. The van der Waals surface area contributed by atoms with Crippen LogP contribution in [0.4, 0.5) is 0 Å². The molecule has 0 saturated carbocycles. The number of ether oxygens (including phenoxy) is 1. The zero-order valence-corrected chi connectivity index (χ0v) is 12.9. The van der Waals surface area contributed by atoms with Crippen molar-refractivity contribution in [2.24, 2.45) is 0 Å². The molecule has 1 saturated heterocycles. The Balaban J connectivity index is 1.70. The van der Waals surface area contributed by atoms with E-state index in [4.69, 9.17) is 4.74 Å². The fraction of sp³-hybridized carbons (Fsp3) is 0.375. The van der Waals surface area contributed by atoms with Crippen LogP contribution in [0.1, 0.15) is 17.4 Å². The number of aromatic nitrogens is 3. The molecule has 1 aliphatic heterocycles. The van der Waals surface area contributed by atoms with Crippen molar-refractivity contribution in [3.8, 4) is 0 Å². The Morgan fingerprint density at radius 2 is 2.26 bits per heavy atom. The predicted molar refractivity (Wildman–Crippen MR) is 82.7 cm³/mol. The molecule has 3 heterocycles. The lowest BCUT2D eigenvalue weighted by molar-refractivity contribution is -0.139. The van der Waals surface area contributed by atoms with Crippen molar-refractivity contribution in [1.82, 2.24) is 19.4 Å². The number of aryl methyl sites for hydroxylation is 1. The van der Waals surface area contributed by atoms with Crippen LogP contribution in [0.3, 0.4) is 0 Å². The molecule has 0 N–H and O–H groups in total. The summed E-state index contributed by atoms with van der Waals surface area (Å²) in [6.07, 6.45) is 4.56. The Hall–Kier alpha value is -2.54. The lowest BCUT2D eigenvalue weighted by Gasteiger charge is -2.33. The van der Waals surface area contributed by atoms with Crippen molar-refractivity contribution in [2.75, 3.05) is 19.7 Å². The van der Waals surface area contributed by atoms with Gasteiger partial charge in [0.25, 0.3) is 0 Å². The van der Waals surface area contributed by atoms with Crippen LogP contribution in [0.2, 0.25) is 0 Å². The number of nitrogens with zero attached hydrogens (tertiary/aromatic N) is 4. The van der Waals surface area contributed by atoms with Gasteiger partial charge in [0.2, 0.25) is 5.91 Å². The first kappa shape index (κ1) is 15.4. The fourth-order valence-corrected chi connectivity index (χ4v) is 2.60. The van der Waals surface area contributed by atoms with Gasteiger partial charge in [-0.25, -0.2) is 9.78 Å². The number of carbonyl (C=O) groups excluding carboxylic acids is 1. The van der Waals surface area contributed by atoms with Gasteiger partial charge >= 0.3 is 5.69 Å². The quantitative estimate of drug-likeness (QED) is 0.827. The second kappa shape index (κ2) is 6.70. The van der Waals surface area contributed by atoms with Gasteiger partial charge in [0.15, 0.2) is 0 Å². The van der Waals surface area contributed by atoms with Crippen LogP contribution in [-0.2, 0) is 16.1 Å². The third kappa shape index (κ3) is 3.62. The van der Waals surface area contributed by atoms with E-state index in [1.165, 1.54) is 10.8 Å². The number of carbonyl (C=O) groups is 1. The minimum Gasteiger partial charge on any atom is -0.370 e. The standard InChI is InChI=1S/C16H18N4O3/c1-12-9-13(3-5-17-12)14-10-19(7-8-23-14)15(21)11-20-6-2-4-18-16(20)22/h2-6,9,14H,7-8,10-11H2,1H3. The number of amides is 1. The van der Waals surface area contributed by atoms with E-state index in [2.05, 4.69) is 9.97 Å². The Morgan fingerprint density at radius 3 is 3.04 bits per heavy atom. The molecule has 1 atom stereocenters. The second-order valence-electron chi connectivity index (χ2n) is 5.46. The van der Waals surface area contributed by atoms with E-state index in [9.17, 15) is 9.59 Å². The summed E-state index contributed by atoms with van der Waals surface area (Å²) in [6.45, 7) is 3.38. The minimum atomic E-state index is -0.421. The van der Waals surface area contributed by atoms with Crippen LogP contribution in [0.25, 0.3) is 0 Å². The minimum absolute atomic E-state index is 0.00519. The van der Waals surface area contributed by atoms with Gasteiger partial charge in [0, 0.05) is 30.8 Å². The molecule has 7 nitrogen and oxygen atoms in total. The van der Waals surface area contributed by atoms with E-state index >= 15 is 0 Å². The van der Waals surface area contributed by atoms with Crippen molar-refractivity contribution >= 4 is 5.91 Å². The Bertz CT molecular complexity index is 759. The molecule has 23 heavy (non-hydrogen) atoms. The molecule has 0 aliphatic carbocycles. The van der Waals surface area contributed by atoms with Gasteiger partial charge in [0.1, 0.15) is 12.6 Å². The van der Waals surface area contributed by atoms with Crippen molar-refractivity contribution in [3.05, 3.63) is 58.5 Å². The van der Waals surface area contributed by atoms with Gasteiger partial charge in [-0.15, -0.1) is 0 Å². The average Bonchev–Trinajstić information content (AvgIpc) is 2.57. The van der Waals surface area contributed by atoms with E-state index in [0.717, 1.165) is 11.3 Å². The SMILES string of the molecule is Cc1cc(C2CN(C(=O)Cn3cccnc3=O)CCO2)ccn1. The Labute approximate surface area is 133 Å². The molecule has 0 spiro atoms. The van der Waals surface area contributed by atoms with Gasteiger partial charge in [0.05, 0.1) is 13.2 Å². The van der Waals surface area contributed by atoms with Crippen LogP contribution in [0.15, 0.2) is 41.6 Å². The molecule has 1 unspecified atom stereocenters. The summed E-state index contributed by atoms with van der Waals surface area (Å²) >= 11 is 0. The number of morpholine rings is 1. The first-order chi connectivity index (χ1) is 11.1. The molecule has 2 aromatic heterocycles. The van der Waals surface area contributed by atoms with Crippen molar-refractivity contribution < 1.29 is 9.53 Å². The topological polar surface area (TPSA) is 77.3 Å². The maximum Gasteiger partial charge on any atom is 0.347 e. The summed E-state index contributed by atoms with van der Waals surface area (Å²) in [7, 11) is 0. The highest BCUT2D eigenvalue weighted by molar-refractivity contribution is 5.76. The Kier molecular flexibility index (Phi) is 4.47. The van der Waals surface area contributed by atoms with Crippen LogP contribution in [0, 0.1) is 6.92 Å². The largest absolute Gasteiger partial charge is 0.370 e. The second-order valence-corrected chi connectivity index (χ2v) is 5.46. The monoisotopic (exact) mass is 314 g/mol. The van der Waals surface area contributed by atoms with Crippen molar-refractivity contribution in [1.29, 1.82) is 0 Å². The van der Waals surface area contributed by atoms with Gasteiger partial charge in [-0.05, 0) is 30.7 Å². The molecule has 1 aliphatic rings. The molecule has 1 amide bonds. The zero-order valence-electron chi connectivity index (χ0n) is 12.9. The lowest BCUT2D eigenvalue weighted by Crippen LogP contribution is -2.44. The molecule has 0 radical (unpaired) electrons. The summed E-state index contributed by atoms with van der Waals surface area (Å²) < 4.78 is 7.08. The van der Waals surface area contributed by atoms with Crippen LogP contribution in [0.5, 0.6) is 0 Å². The number of hydrogen-bond donors (Lipinski definition) is 0. The summed E-state index contributed by atoms with van der Waals surface area (Å²) in [4.78, 5) is 33.6. The molecule has 7 heteroatoms. The predicted octanol–water partition coefficient (Wildman–Crippen LogP) is 0.547. The number of hydrogen-bond acceptors (Lipinski definition) is 5. The highest BCUT2D eigenvalue weighted by Gasteiger charge is 2.25. The summed E-state index contributed by atoms with van der Waals surface area (Å²) in [5.74, 6) is -0.112. The van der Waals surface area contributed by atoms with Crippen LogP contribution < -0.4 is 5.69 Å². The molecular weight excluding hydrogens is 296 g/mol. The smallest absolute Gasteiger partial charge is 0.347 e. The van der Waals surface area contributed by atoms with Crippen LogP contribution >= 0.6 is 0 Å². The first-order valence-electron chi connectivity index (χ1n) is 7.47. The van der Waals surface area contributed by atoms with Crippen molar-refractivity contribution in [3.63, 3.8) is 0 Å². The van der Waals surface area contributed by atoms with Gasteiger partial charge in [-0.2, -0.15) is 0 Å². The van der Waals surface area contributed by atoms with E-state index < -0.39 is 5.69 Å². The number of rotatable bonds is 3. The van der Waals surface area contributed by atoms with Crippen LogP contribution in [-0.4, -0.2) is 45.0 Å². The summed E-state index contributed by atoms with van der Waals surface area (Å²) in [5, 5.41) is 0. The zero-order chi connectivity index (χ0) is 16.2. The van der Waals surface area contributed by atoms with Gasteiger partial charge in [-0.1, -0.05) is 0 Å². The third-order valence-corrected chi connectivity index (χ3v) is 3.80. The van der Waals surface area contributed by atoms with E-state index in [1.807, 2.05) is 19.1 Å². The average molecular weight is 314 g/mol. The Morgan fingerprint density at radius 1 is 1.39 bits per heavy atom. The third-order valence-electron chi connectivity index (χ3n) is 3.80. The molecule has 3 rings (SSSR count). The van der Waals surface area contributed by atoms with E-state index in [1.54, 1.807) is 23.4 Å². The first-order valence-corrected chi connectivity index (χ1v) is 7.47. The van der Waals surface area contributed by atoms with Crippen molar-refractivity contribution in [2.45, 2.75) is 19.6 Å². The molecule has 0 aromatic carbocycles. The van der Waals surface area contributed by atoms with Gasteiger partial charge < -0.3 is 9.64 Å². The summed E-state index contributed by atoms with van der Waals surface area (Å²) in [6, 6.07) is 5.50. The van der Waals surface area contributed by atoms with E-state index in [0.29, 0.717) is 19.7 Å². The van der Waals surface area contributed by atoms with E-state index in [-0.39, 0.29) is 18.6 Å². The molecule has 2 aromatic rings. The number of pyridine rings is 1. The molecule has 1 fully saturated rings. The molecule has 0 bridgehead atoms. The maximum atomic E-state index is 12.4. The molecule has 120 valence electrons. The highest BCUT2D eigenvalue weighted by atomic mass is 16.5.